The number of halogens is 4. The van der Waals surface area contributed by atoms with Crippen molar-refractivity contribution >= 4 is 27.5 Å². The van der Waals surface area contributed by atoms with Gasteiger partial charge in [-0.2, -0.15) is 18.4 Å². The molecule has 1 aromatic carbocycles. The average molecular weight is 336 g/mol. The maximum Gasteiger partial charge on any atom is 0.401 e. The third kappa shape index (κ3) is 5.72. The molecule has 0 saturated carbocycles. The molecule has 0 aliphatic heterocycles. The summed E-state index contributed by atoms with van der Waals surface area (Å²) in [5.74, 6) is -0.650. The lowest BCUT2D eigenvalue weighted by Gasteiger charge is -2.09. The molecule has 0 saturated heterocycles. The Bertz CT molecular complexity index is 511. The predicted molar refractivity (Wildman–Crippen MR) is 66.4 cm³/mol. The van der Waals surface area contributed by atoms with Crippen molar-refractivity contribution in [2.75, 3.05) is 18.4 Å². The fourth-order valence-electron chi connectivity index (χ4n) is 1.23. The third-order valence-electron chi connectivity index (χ3n) is 1.99. The lowest BCUT2D eigenvalue weighted by atomic mass is 10.2. The summed E-state index contributed by atoms with van der Waals surface area (Å²) in [5.41, 5.74) is 0.475. The zero-order valence-electron chi connectivity index (χ0n) is 9.51. The van der Waals surface area contributed by atoms with Gasteiger partial charge < -0.3 is 10.6 Å². The van der Waals surface area contributed by atoms with Gasteiger partial charge in [0, 0.05) is 4.47 Å². The number of nitrogens with zero attached hydrogens (tertiary/aromatic N) is 1. The van der Waals surface area contributed by atoms with Crippen LogP contribution in [0.15, 0.2) is 22.7 Å². The molecular formula is C11H9BrF3N3O. The molecule has 102 valence electrons. The van der Waals surface area contributed by atoms with Gasteiger partial charge in [-0.05, 0) is 18.2 Å². The number of anilines is 1. The molecule has 2 N–H and O–H groups in total. The molecule has 0 heterocycles. The minimum Gasteiger partial charge on any atom is -0.324 e. The van der Waals surface area contributed by atoms with E-state index >= 15 is 0 Å². The van der Waals surface area contributed by atoms with Crippen molar-refractivity contribution < 1.29 is 18.0 Å². The van der Waals surface area contributed by atoms with E-state index in [1.807, 2.05) is 11.4 Å². The first kappa shape index (κ1) is 15.5. The van der Waals surface area contributed by atoms with Gasteiger partial charge in [0.05, 0.1) is 24.3 Å². The lowest BCUT2D eigenvalue weighted by Crippen LogP contribution is -2.35. The number of hydrogen-bond acceptors (Lipinski definition) is 3. The molecule has 0 radical (unpaired) electrons. The Kier molecular flexibility index (Phi) is 5.32. The molecule has 1 aromatic rings. The van der Waals surface area contributed by atoms with Crippen LogP contribution in [-0.2, 0) is 4.79 Å². The molecule has 1 amide bonds. The Morgan fingerprint density at radius 2 is 2.11 bits per heavy atom. The van der Waals surface area contributed by atoms with Gasteiger partial charge >= 0.3 is 6.18 Å². The molecule has 0 aliphatic carbocycles. The number of carbonyl (C=O) groups excluding carboxylic acids is 1. The van der Waals surface area contributed by atoms with Crippen molar-refractivity contribution in [3.63, 3.8) is 0 Å². The Labute approximate surface area is 115 Å². The average Bonchev–Trinajstić information content (AvgIpc) is 2.29. The van der Waals surface area contributed by atoms with Crippen LogP contribution in [0, 0.1) is 11.3 Å². The fourth-order valence-corrected chi connectivity index (χ4v) is 1.59. The molecule has 0 aromatic heterocycles. The molecule has 0 unspecified atom stereocenters. The summed E-state index contributed by atoms with van der Waals surface area (Å²) in [5, 5.41) is 13.2. The van der Waals surface area contributed by atoms with Crippen LogP contribution in [0.25, 0.3) is 0 Å². The predicted octanol–water partition coefficient (Wildman–Crippen LogP) is 2.41. The summed E-state index contributed by atoms with van der Waals surface area (Å²) in [7, 11) is 0. The standard InChI is InChI=1S/C11H9BrF3N3O/c12-8-1-2-9(7(3-8)4-16)18-10(19)5-17-6-11(13,14)15/h1-3,17H,5-6H2,(H,18,19). The number of amides is 1. The van der Waals surface area contributed by atoms with E-state index in [1.165, 1.54) is 12.1 Å². The van der Waals surface area contributed by atoms with E-state index in [0.29, 0.717) is 4.47 Å². The zero-order chi connectivity index (χ0) is 14.5. The topological polar surface area (TPSA) is 64.9 Å². The van der Waals surface area contributed by atoms with Crippen LogP contribution in [-0.4, -0.2) is 25.2 Å². The zero-order valence-corrected chi connectivity index (χ0v) is 11.1. The van der Waals surface area contributed by atoms with E-state index in [2.05, 4.69) is 21.2 Å². The summed E-state index contributed by atoms with van der Waals surface area (Å²) >= 11 is 3.17. The molecule has 0 atom stereocenters. The monoisotopic (exact) mass is 335 g/mol. The highest BCUT2D eigenvalue weighted by molar-refractivity contribution is 9.10. The maximum absolute atomic E-state index is 11.9. The third-order valence-corrected chi connectivity index (χ3v) is 2.48. The highest BCUT2D eigenvalue weighted by Crippen LogP contribution is 2.20. The van der Waals surface area contributed by atoms with Crippen LogP contribution in [0.3, 0.4) is 0 Å². The second-order valence-corrected chi connectivity index (χ2v) is 4.48. The summed E-state index contributed by atoms with van der Waals surface area (Å²) < 4.78 is 36.2. The van der Waals surface area contributed by atoms with Crippen LogP contribution in [0.1, 0.15) is 5.56 Å². The Balaban J connectivity index is 2.56. The molecule has 0 aliphatic rings. The van der Waals surface area contributed by atoms with Crippen molar-refractivity contribution in [1.82, 2.24) is 5.32 Å². The lowest BCUT2D eigenvalue weighted by molar-refractivity contribution is -0.126. The Morgan fingerprint density at radius 3 is 2.68 bits per heavy atom. The van der Waals surface area contributed by atoms with Gasteiger partial charge in [0.2, 0.25) is 5.91 Å². The van der Waals surface area contributed by atoms with Gasteiger partial charge in [-0.25, -0.2) is 0 Å². The highest BCUT2D eigenvalue weighted by atomic mass is 79.9. The van der Waals surface area contributed by atoms with E-state index in [0.717, 1.165) is 0 Å². The molecular weight excluding hydrogens is 327 g/mol. The van der Waals surface area contributed by atoms with Crippen molar-refractivity contribution in [1.29, 1.82) is 5.26 Å². The number of benzene rings is 1. The Hall–Kier alpha value is -1.59. The van der Waals surface area contributed by atoms with Gasteiger partial charge in [-0.15, -0.1) is 0 Å². The smallest absolute Gasteiger partial charge is 0.324 e. The first-order chi connectivity index (χ1) is 8.81. The highest BCUT2D eigenvalue weighted by Gasteiger charge is 2.26. The van der Waals surface area contributed by atoms with Crippen LogP contribution in [0.2, 0.25) is 0 Å². The molecule has 0 spiro atoms. The fraction of sp³-hybridized carbons (Fsp3) is 0.273. The van der Waals surface area contributed by atoms with Crippen LogP contribution in [0.5, 0.6) is 0 Å². The number of alkyl halides is 3. The number of hydrogen-bond donors (Lipinski definition) is 2. The quantitative estimate of drug-likeness (QED) is 0.888. The van der Waals surface area contributed by atoms with Gasteiger partial charge in [0.1, 0.15) is 6.07 Å². The second kappa shape index (κ2) is 6.54. The van der Waals surface area contributed by atoms with Crippen molar-refractivity contribution in [2.24, 2.45) is 0 Å². The Morgan fingerprint density at radius 1 is 1.42 bits per heavy atom. The summed E-state index contributed by atoms with van der Waals surface area (Å²) in [6.45, 7) is -1.73. The molecule has 0 bridgehead atoms. The number of rotatable bonds is 4. The second-order valence-electron chi connectivity index (χ2n) is 3.57. The molecule has 8 heteroatoms. The summed E-state index contributed by atoms with van der Waals surface area (Å²) in [6, 6.07) is 6.48. The van der Waals surface area contributed by atoms with E-state index in [9.17, 15) is 18.0 Å². The van der Waals surface area contributed by atoms with Crippen molar-refractivity contribution in [2.45, 2.75) is 6.18 Å². The summed E-state index contributed by atoms with van der Waals surface area (Å²) in [4.78, 5) is 11.4. The SMILES string of the molecule is N#Cc1cc(Br)ccc1NC(=O)CNCC(F)(F)F. The van der Waals surface area contributed by atoms with Gasteiger partial charge in [0.25, 0.3) is 0 Å². The number of nitrogens with one attached hydrogen (secondary N) is 2. The van der Waals surface area contributed by atoms with Crippen LogP contribution < -0.4 is 10.6 Å². The van der Waals surface area contributed by atoms with Crippen LogP contribution in [0.4, 0.5) is 18.9 Å². The number of carbonyl (C=O) groups is 1. The largest absolute Gasteiger partial charge is 0.401 e. The first-order valence-corrected chi connectivity index (χ1v) is 5.88. The van der Waals surface area contributed by atoms with Crippen molar-refractivity contribution in [3.05, 3.63) is 28.2 Å². The number of nitriles is 1. The van der Waals surface area contributed by atoms with Gasteiger partial charge in [-0.1, -0.05) is 15.9 Å². The van der Waals surface area contributed by atoms with Crippen molar-refractivity contribution in [3.8, 4) is 6.07 Å². The molecule has 1 rings (SSSR count). The van der Waals surface area contributed by atoms with E-state index in [1.54, 1.807) is 6.07 Å². The van der Waals surface area contributed by atoms with E-state index in [-0.39, 0.29) is 11.3 Å². The minimum atomic E-state index is -4.37. The normalized spacial score (nSPS) is 10.9. The van der Waals surface area contributed by atoms with E-state index in [4.69, 9.17) is 5.26 Å². The van der Waals surface area contributed by atoms with Gasteiger partial charge in [-0.3, -0.25) is 4.79 Å². The van der Waals surface area contributed by atoms with Crippen LogP contribution >= 0.6 is 15.9 Å². The molecule has 19 heavy (non-hydrogen) atoms. The minimum absolute atomic E-state index is 0.221. The maximum atomic E-state index is 11.9. The molecule has 0 fully saturated rings. The molecule has 4 nitrogen and oxygen atoms in total. The summed E-state index contributed by atoms with van der Waals surface area (Å²) in [6.07, 6.45) is -4.37. The first-order valence-electron chi connectivity index (χ1n) is 5.09. The van der Waals surface area contributed by atoms with E-state index < -0.39 is 25.2 Å². The van der Waals surface area contributed by atoms with Gasteiger partial charge in [0.15, 0.2) is 0 Å².